The van der Waals surface area contributed by atoms with Crippen molar-refractivity contribution in [1.82, 2.24) is 5.32 Å². The molecule has 1 amide bonds. The van der Waals surface area contributed by atoms with Crippen LogP contribution in [0.5, 0.6) is 0 Å². The molecule has 4 rings (SSSR count). The number of nitrogens with one attached hydrogen (secondary N) is 1. The quantitative estimate of drug-likeness (QED) is 0.454. The van der Waals surface area contributed by atoms with Gasteiger partial charge in [-0.15, -0.1) is 0 Å². The fraction of sp³-hybridized carbons (Fsp3) is 0.964. The second-order valence-corrected chi connectivity index (χ2v) is 13.3. The lowest BCUT2D eigenvalue weighted by Crippen LogP contribution is -2.54. The Labute approximate surface area is 201 Å². The number of carbonyl (C=O) groups excluding carboxylic acids is 1. The molecule has 0 aromatic heterocycles. The Balaban J connectivity index is 1.39. The predicted molar refractivity (Wildman–Crippen MR) is 130 cm³/mol. The van der Waals surface area contributed by atoms with Crippen LogP contribution < -0.4 is 5.32 Å². The molecule has 3 unspecified atom stereocenters. The molecule has 0 aliphatic heterocycles. The van der Waals surface area contributed by atoms with Gasteiger partial charge in [-0.2, -0.15) is 0 Å². The van der Waals surface area contributed by atoms with Crippen LogP contribution >= 0.6 is 0 Å². The number of aliphatic hydroxyl groups excluding tert-OH is 3. The molecule has 0 spiro atoms. The zero-order valence-electron chi connectivity index (χ0n) is 21.5. The van der Waals surface area contributed by atoms with Gasteiger partial charge in [-0.3, -0.25) is 4.79 Å². The number of amides is 1. The molecule has 190 valence electrons. The van der Waals surface area contributed by atoms with E-state index in [1.54, 1.807) is 6.92 Å². The Hall–Kier alpha value is -0.650. The van der Waals surface area contributed by atoms with Gasteiger partial charge in [-0.05, 0) is 117 Å². The van der Waals surface area contributed by atoms with Gasteiger partial charge in [0.1, 0.15) is 0 Å². The normalized spacial score (nSPS) is 43.8. The summed E-state index contributed by atoms with van der Waals surface area (Å²) in [5.74, 6) is 4.32. The molecule has 33 heavy (non-hydrogen) atoms. The molecule has 9 atom stereocenters. The average Bonchev–Trinajstić information content (AvgIpc) is 3.15. The summed E-state index contributed by atoms with van der Waals surface area (Å²) in [6, 6.07) is 0. The zero-order chi connectivity index (χ0) is 24.0. The minimum atomic E-state index is -0.937. The largest absolute Gasteiger partial charge is 0.394 e. The Morgan fingerprint density at radius 3 is 2.36 bits per heavy atom. The number of fused-ring (bicyclic) bond motifs is 5. The van der Waals surface area contributed by atoms with E-state index in [-0.39, 0.29) is 25.2 Å². The van der Waals surface area contributed by atoms with E-state index in [0.29, 0.717) is 35.0 Å². The molecule has 0 bridgehead atoms. The lowest BCUT2D eigenvalue weighted by molar-refractivity contribution is -0.130. The highest BCUT2D eigenvalue weighted by Gasteiger charge is 2.60. The van der Waals surface area contributed by atoms with Crippen LogP contribution in [0, 0.1) is 46.3 Å². The van der Waals surface area contributed by atoms with Gasteiger partial charge in [-0.1, -0.05) is 20.8 Å². The Morgan fingerprint density at radius 1 is 1.00 bits per heavy atom. The highest BCUT2D eigenvalue weighted by Crippen LogP contribution is 2.68. The molecule has 0 aromatic carbocycles. The molecule has 0 aromatic rings. The van der Waals surface area contributed by atoms with Crippen LogP contribution in [0.25, 0.3) is 0 Å². The standard InChI is InChI=1S/C28H49NO4/c1-18(5-10-25(33)29-26(2,16-30)17-31)22-8-9-23-21-7-6-19-15-20(32)11-13-27(19,3)24(21)12-14-28(22,23)4/h18-24,30-32H,5-17H2,1-4H3,(H,29,33)/t18?,19-,20-,21?,22?,23+,24+,27+,28-/m1/s1. The van der Waals surface area contributed by atoms with E-state index in [2.05, 4.69) is 26.1 Å². The first-order valence-electron chi connectivity index (χ1n) is 13.8. The molecule has 4 saturated carbocycles. The second-order valence-electron chi connectivity index (χ2n) is 13.3. The monoisotopic (exact) mass is 463 g/mol. The molecule has 0 radical (unpaired) electrons. The summed E-state index contributed by atoms with van der Waals surface area (Å²) in [5, 5.41) is 32.0. The zero-order valence-corrected chi connectivity index (χ0v) is 21.5. The van der Waals surface area contributed by atoms with Gasteiger partial charge < -0.3 is 20.6 Å². The molecule has 4 aliphatic rings. The summed E-state index contributed by atoms with van der Waals surface area (Å²) < 4.78 is 0. The lowest BCUT2D eigenvalue weighted by Gasteiger charge is -2.61. The van der Waals surface area contributed by atoms with E-state index in [1.807, 2.05) is 0 Å². The number of hydrogen-bond acceptors (Lipinski definition) is 4. The van der Waals surface area contributed by atoms with Crippen LogP contribution in [-0.2, 0) is 4.79 Å². The fourth-order valence-corrected chi connectivity index (χ4v) is 9.30. The van der Waals surface area contributed by atoms with Crippen molar-refractivity contribution in [1.29, 1.82) is 0 Å². The van der Waals surface area contributed by atoms with Gasteiger partial charge in [0.25, 0.3) is 0 Å². The lowest BCUT2D eigenvalue weighted by atomic mass is 9.44. The first-order chi connectivity index (χ1) is 15.6. The third-order valence-corrected chi connectivity index (χ3v) is 11.4. The third-order valence-electron chi connectivity index (χ3n) is 11.4. The van der Waals surface area contributed by atoms with Crippen LogP contribution in [0.15, 0.2) is 0 Å². The summed E-state index contributed by atoms with van der Waals surface area (Å²) >= 11 is 0. The molecule has 5 heteroatoms. The summed E-state index contributed by atoms with van der Waals surface area (Å²) in [5.41, 5.74) is -0.121. The first-order valence-corrected chi connectivity index (χ1v) is 13.8. The van der Waals surface area contributed by atoms with E-state index in [9.17, 15) is 20.1 Å². The maximum absolute atomic E-state index is 12.5. The van der Waals surface area contributed by atoms with Crippen molar-refractivity contribution in [3.05, 3.63) is 0 Å². The van der Waals surface area contributed by atoms with Gasteiger partial charge in [0.05, 0.1) is 24.9 Å². The molecule has 5 nitrogen and oxygen atoms in total. The summed E-state index contributed by atoms with van der Waals surface area (Å²) in [7, 11) is 0. The molecular formula is C28H49NO4. The van der Waals surface area contributed by atoms with Crippen LogP contribution in [0.2, 0.25) is 0 Å². The van der Waals surface area contributed by atoms with Crippen molar-refractivity contribution in [2.24, 2.45) is 46.3 Å². The van der Waals surface area contributed by atoms with Crippen molar-refractivity contribution in [3.8, 4) is 0 Å². The smallest absolute Gasteiger partial charge is 0.220 e. The van der Waals surface area contributed by atoms with Crippen molar-refractivity contribution >= 4 is 5.91 Å². The highest BCUT2D eigenvalue weighted by atomic mass is 16.3. The molecular weight excluding hydrogens is 414 g/mol. The summed E-state index contributed by atoms with van der Waals surface area (Å²) in [6.45, 7) is 8.63. The van der Waals surface area contributed by atoms with Gasteiger partial charge in [0.15, 0.2) is 0 Å². The maximum Gasteiger partial charge on any atom is 0.220 e. The van der Waals surface area contributed by atoms with Gasteiger partial charge in [0, 0.05) is 6.42 Å². The minimum absolute atomic E-state index is 0.0680. The van der Waals surface area contributed by atoms with E-state index < -0.39 is 5.54 Å². The summed E-state index contributed by atoms with van der Waals surface area (Å²) in [6.07, 6.45) is 12.4. The van der Waals surface area contributed by atoms with Crippen LogP contribution in [-0.4, -0.2) is 46.1 Å². The van der Waals surface area contributed by atoms with Crippen molar-refractivity contribution < 1.29 is 20.1 Å². The average molecular weight is 464 g/mol. The Morgan fingerprint density at radius 2 is 1.67 bits per heavy atom. The number of rotatable bonds is 7. The van der Waals surface area contributed by atoms with E-state index in [0.717, 1.165) is 37.0 Å². The first kappa shape index (κ1) is 25.4. The molecule has 4 fully saturated rings. The van der Waals surface area contributed by atoms with Crippen molar-refractivity contribution in [3.63, 3.8) is 0 Å². The molecule has 4 aliphatic carbocycles. The van der Waals surface area contributed by atoms with Gasteiger partial charge >= 0.3 is 0 Å². The number of carbonyl (C=O) groups is 1. The third kappa shape index (κ3) is 4.51. The summed E-state index contributed by atoms with van der Waals surface area (Å²) in [4.78, 5) is 12.5. The van der Waals surface area contributed by atoms with Gasteiger partial charge in [0.2, 0.25) is 5.91 Å². The van der Waals surface area contributed by atoms with E-state index in [4.69, 9.17) is 0 Å². The molecule has 0 saturated heterocycles. The molecule has 0 heterocycles. The SMILES string of the molecule is CC(CCC(=O)NC(C)(CO)CO)C1CC[C@H]2C3CC[C@@H]4C[C@H](O)CC[C@]4(C)[C@H]3CC[C@]12C. The number of hydrogen-bond donors (Lipinski definition) is 4. The number of aliphatic hydroxyl groups is 3. The van der Waals surface area contributed by atoms with Crippen molar-refractivity contribution in [2.45, 2.75) is 110 Å². The van der Waals surface area contributed by atoms with Gasteiger partial charge in [-0.25, -0.2) is 0 Å². The Kier molecular flexibility index (Phi) is 7.27. The highest BCUT2D eigenvalue weighted by molar-refractivity contribution is 5.76. The van der Waals surface area contributed by atoms with Crippen LogP contribution in [0.4, 0.5) is 0 Å². The molecule has 4 N–H and O–H groups in total. The second kappa shape index (κ2) is 9.43. The van der Waals surface area contributed by atoms with E-state index >= 15 is 0 Å². The van der Waals surface area contributed by atoms with Crippen LogP contribution in [0.3, 0.4) is 0 Å². The fourth-order valence-electron chi connectivity index (χ4n) is 9.30. The maximum atomic E-state index is 12.5. The Bertz CT molecular complexity index is 708. The van der Waals surface area contributed by atoms with E-state index in [1.165, 1.54) is 44.9 Å². The topological polar surface area (TPSA) is 89.8 Å². The van der Waals surface area contributed by atoms with Crippen molar-refractivity contribution in [2.75, 3.05) is 13.2 Å². The minimum Gasteiger partial charge on any atom is -0.394 e. The predicted octanol–water partition coefficient (Wildman–Crippen LogP) is 4.28. The van der Waals surface area contributed by atoms with Crippen LogP contribution in [0.1, 0.15) is 98.3 Å².